The molecule has 3 aromatic rings. The van der Waals surface area contributed by atoms with E-state index in [1.165, 1.54) is 54.6 Å². The summed E-state index contributed by atoms with van der Waals surface area (Å²) in [6.45, 7) is 1.44. The van der Waals surface area contributed by atoms with Crippen LogP contribution in [0, 0.1) is 17.0 Å². The minimum Gasteiger partial charge on any atom is -0.484 e. The van der Waals surface area contributed by atoms with E-state index in [0.29, 0.717) is 10.7 Å². The molecule has 0 fully saturated rings. The van der Waals surface area contributed by atoms with E-state index in [4.69, 9.17) is 16.3 Å². The number of hydrogen-bond donors (Lipinski definition) is 2. The summed E-state index contributed by atoms with van der Waals surface area (Å²) in [4.78, 5) is 22.3. The Morgan fingerprint density at radius 2 is 1.78 bits per heavy atom. The minimum atomic E-state index is -3.84. The Bertz CT molecular complexity index is 1260. The monoisotopic (exact) mass is 475 g/mol. The zero-order valence-corrected chi connectivity index (χ0v) is 18.3. The molecule has 0 aliphatic heterocycles. The number of carbonyl (C=O) groups excluding carboxylic acids is 1. The fraction of sp³-hybridized carbons (Fsp3) is 0.0952. The third-order valence-electron chi connectivity index (χ3n) is 4.27. The molecule has 0 atom stereocenters. The molecular formula is C21H18ClN3O6S. The van der Waals surface area contributed by atoms with E-state index < -0.39 is 20.9 Å². The summed E-state index contributed by atoms with van der Waals surface area (Å²) in [5.41, 5.74) is 1.27. The number of nitro groups is 1. The second-order valence-corrected chi connectivity index (χ2v) is 8.77. The molecule has 3 rings (SSSR count). The van der Waals surface area contributed by atoms with Crippen LogP contribution >= 0.6 is 11.6 Å². The van der Waals surface area contributed by atoms with E-state index >= 15 is 0 Å². The molecule has 0 radical (unpaired) electrons. The third-order valence-corrected chi connectivity index (χ3v) is 6.07. The summed E-state index contributed by atoms with van der Waals surface area (Å²) in [6, 6.07) is 15.8. The van der Waals surface area contributed by atoms with Gasteiger partial charge in [-0.1, -0.05) is 23.7 Å². The van der Waals surface area contributed by atoms with Crippen LogP contribution in [0.15, 0.2) is 71.6 Å². The average Bonchev–Trinajstić information content (AvgIpc) is 2.75. The smallest absolute Gasteiger partial charge is 0.271 e. The van der Waals surface area contributed by atoms with Crippen LogP contribution in [-0.2, 0) is 14.8 Å². The quantitative estimate of drug-likeness (QED) is 0.367. The lowest BCUT2D eigenvalue weighted by atomic mass is 10.2. The molecule has 0 saturated heterocycles. The number of carbonyl (C=O) groups is 1. The van der Waals surface area contributed by atoms with Crippen LogP contribution in [-0.4, -0.2) is 25.9 Å². The van der Waals surface area contributed by atoms with Crippen LogP contribution in [0.5, 0.6) is 5.75 Å². The van der Waals surface area contributed by atoms with Crippen molar-refractivity contribution in [3.8, 4) is 5.75 Å². The lowest BCUT2D eigenvalue weighted by Gasteiger charge is -2.11. The number of rotatable bonds is 8. The van der Waals surface area contributed by atoms with Crippen LogP contribution < -0.4 is 14.8 Å². The van der Waals surface area contributed by atoms with E-state index in [1.54, 1.807) is 12.1 Å². The van der Waals surface area contributed by atoms with E-state index in [0.717, 1.165) is 5.56 Å². The maximum absolute atomic E-state index is 12.5. The van der Waals surface area contributed by atoms with Gasteiger partial charge in [0.15, 0.2) is 6.61 Å². The SMILES string of the molecule is Cc1ccc(NS(=O)(=O)c2ccc(OCC(=O)Nc3cccc([N+](=O)[O-])c3)cc2)cc1Cl. The first-order valence-corrected chi connectivity index (χ1v) is 11.1. The molecule has 0 aliphatic carbocycles. The van der Waals surface area contributed by atoms with Crippen LogP contribution in [0.4, 0.5) is 17.1 Å². The summed E-state index contributed by atoms with van der Waals surface area (Å²) >= 11 is 6.03. The Morgan fingerprint density at radius 3 is 2.44 bits per heavy atom. The summed E-state index contributed by atoms with van der Waals surface area (Å²) < 4.78 is 32.9. The van der Waals surface area contributed by atoms with Gasteiger partial charge in [-0.25, -0.2) is 8.42 Å². The van der Waals surface area contributed by atoms with E-state index in [1.807, 2.05) is 6.92 Å². The van der Waals surface area contributed by atoms with Crippen LogP contribution in [0.3, 0.4) is 0 Å². The summed E-state index contributed by atoms with van der Waals surface area (Å²) in [5, 5.41) is 13.7. The first-order chi connectivity index (χ1) is 15.1. The maximum atomic E-state index is 12.5. The highest BCUT2D eigenvalue weighted by molar-refractivity contribution is 7.92. The number of ether oxygens (including phenoxy) is 1. The van der Waals surface area contributed by atoms with Crippen molar-refractivity contribution in [3.63, 3.8) is 0 Å². The Balaban J connectivity index is 1.59. The van der Waals surface area contributed by atoms with Crippen molar-refractivity contribution in [1.29, 1.82) is 0 Å². The molecule has 32 heavy (non-hydrogen) atoms. The number of hydrogen-bond acceptors (Lipinski definition) is 6. The molecule has 166 valence electrons. The van der Waals surface area contributed by atoms with Crippen LogP contribution in [0.25, 0.3) is 0 Å². The van der Waals surface area contributed by atoms with Crippen molar-refractivity contribution in [2.45, 2.75) is 11.8 Å². The second-order valence-electron chi connectivity index (χ2n) is 6.69. The third kappa shape index (κ3) is 5.96. The van der Waals surface area contributed by atoms with Crippen molar-refractivity contribution < 1.29 is 22.9 Å². The van der Waals surface area contributed by atoms with Gasteiger partial charge in [0.2, 0.25) is 0 Å². The molecule has 0 heterocycles. The normalized spacial score (nSPS) is 10.9. The standard InChI is InChI=1S/C21H18ClN3O6S/c1-14-5-6-16(12-20(14)22)24-32(29,30)19-9-7-18(8-10-19)31-13-21(26)23-15-3-2-4-17(11-15)25(27)28/h2-12,24H,13H2,1H3,(H,23,26). The fourth-order valence-corrected chi connectivity index (χ4v) is 3.86. The Morgan fingerprint density at radius 1 is 1.06 bits per heavy atom. The van der Waals surface area contributed by atoms with Gasteiger partial charge in [0, 0.05) is 22.8 Å². The molecule has 0 spiro atoms. The lowest BCUT2D eigenvalue weighted by Crippen LogP contribution is -2.20. The number of nitrogens with one attached hydrogen (secondary N) is 2. The minimum absolute atomic E-state index is 0.00240. The highest BCUT2D eigenvalue weighted by Gasteiger charge is 2.15. The van der Waals surface area contributed by atoms with Gasteiger partial charge in [-0.15, -0.1) is 0 Å². The maximum Gasteiger partial charge on any atom is 0.271 e. The van der Waals surface area contributed by atoms with Gasteiger partial charge in [0.1, 0.15) is 5.75 Å². The van der Waals surface area contributed by atoms with Gasteiger partial charge in [-0.05, 0) is 55.0 Å². The number of sulfonamides is 1. The number of benzene rings is 3. The van der Waals surface area contributed by atoms with E-state index in [-0.39, 0.29) is 28.6 Å². The van der Waals surface area contributed by atoms with Crippen molar-refractivity contribution in [2.75, 3.05) is 16.6 Å². The zero-order chi connectivity index (χ0) is 23.3. The van der Waals surface area contributed by atoms with E-state index in [2.05, 4.69) is 10.0 Å². The topological polar surface area (TPSA) is 128 Å². The highest BCUT2D eigenvalue weighted by atomic mass is 35.5. The molecule has 0 unspecified atom stereocenters. The van der Waals surface area contributed by atoms with Crippen molar-refractivity contribution in [1.82, 2.24) is 0 Å². The zero-order valence-electron chi connectivity index (χ0n) is 16.7. The molecule has 2 N–H and O–H groups in total. The van der Waals surface area contributed by atoms with Crippen LogP contribution in [0.2, 0.25) is 5.02 Å². The fourth-order valence-electron chi connectivity index (χ4n) is 2.63. The number of aryl methyl sites for hydroxylation is 1. The number of halogens is 1. The van der Waals surface area contributed by atoms with Crippen molar-refractivity contribution in [2.24, 2.45) is 0 Å². The molecule has 3 aromatic carbocycles. The van der Waals surface area contributed by atoms with Gasteiger partial charge in [0.25, 0.3) is 21.6 Å². The Kier molecular flexibility index (Phi) is 6.96. The Hall–Kier alpha value is -3.63. The summed E-state index contributed by atoms with van der Waals surface area (Å²) in [5.74, 6) is -0.253. The largest absolute Gasteiger partial charge is 0.484 e. The number of nitro benzene ring substituents is 1. The number of non-ortho nitro benzene ring substituents is 1. The molecule has 1 amide bonds. The predicted molar refractivity (Wildman–Crippen MR) is 121 cm³/mol. The number of amides is 1. The van der Waals surface area contributed by atoms with Gasteiger partial charge in [-0.2, -0.15) is 0 Å². The van der Waals surface area contributed by atoms with Gasteiger partial charge in [0.05, 0.1) is 15.5 Å². The molecule has 9 nitrogen and oxygen atoms in total. The van der Waals surface area contributed by atoms with Crippen molar-refractivity contribution in [3.05, 3.63) is 87.4 Å². The molecule has 0 aliphatic rings. The van der Waals surface area contributed by atoms with Crippen molar-refractivity contribution >= 4 is 44.6 Å². The first kappa shape index (κ1) is 23.0. The van der Waals surface area contributed by atoms with Gasteiger partial charge < -0.3 is 10.1 Å². The van der Waals surface area contributed by atoms with Gasteiger partial charge >= 0.3 is 0 Å². The van der Waals surface area contributed by atoms with E-state index in [9.17, 15) is 23.3 Å². The predicted octanol–water partition coefficient (Wildman–Crippen LogP) is 4.37. The average molecular weight is 476 g/mol. The number of nitrogens with zero attached hydrogens (tertiary/aromatic N) is 1. The number of anilines is 2. The van der Waals surface area contributed by atoms with Gasteiger partial charge in [-0.3, -0.25) is 19.6 Å². The first-order valence-electron chi connectivity index (χ1n) is 9.20. The van der Waals surface area contributed by atoms with Crippen LogP contribution in [0.1, 0.15) is 5.56 Å². The molecule has 0 saturated carbocycles. The Labute approximate surface area is 189 Å². The second kappa shape index (κ2) is 9.67. The summed E-state index contributed by atoms with van der Waals surface area (Å²) in [6.07, 6.45) is 0. The summed E-state index contributed by atoms with van der Waals surface area (Å²) in [7, 11) is -3.84. The highest BCUT2D eigenvalue weighted by Crippen LogP contribution is 2.24. The molecule has 0 aromatic heterocycles. The molecular weight excluding hydrogens is 458 g/mol. The molecule has 0 bridgehead atoms. The molecule has 11 heteroatoms. The lowest BCUT2D eigenvalue weighted by molar-refractivity contribution is -0.384.